The summed E-state index contributed by atoms with van der Waals surface area (Å²) in [5.41, 5.74) is 3.45. The Kier molecular flexibility index (Phi) is 6.74. The molecule has 0 amide bonds. The molecule has 1 aromatic carbocycles. The molecule has 0 aliphatic heterocycles. The number of ether oxygens (including phenoxy) is 1. The van der Waals surface area contributed by atoms with Crippen LogP contribution in [-0.2, 0) is 13.1 Å². The van der Waals surface area contributed by atoms with E-state index in [-0.39, 0.29) is 12.4 Å². The van der Waals surface area contributed by atoms with E-state index in [1.165, 1.54) is 6.07 Å². The van der Waals surface area contributed by atoms with Crippen LogP contribution >= 0.6 is 0 Å². The van der Waals surface area contributed by atoms with Gasteiger partial charge in [-0.05, 0) is 26.8 Å². The number of aliphatic imine (C=N–C) groups is 1. The van der Waals surface area contributed by atoms with E-state index in [9.17, 15) is 4.39 Å². The van der Waals surface area contributed by atoms with Gasteiger partial charge in [-0.2, -0.15) is 0 Å². The summed E-state index contributed by atoms with van der Waals surface area (Å²) in [4.78, 5) is 8.91. The first-order chi connectivity index (χ1) is 12.1. The van der Waals surface area contributed by atoms with Gasteiger partial charge in [0, 0.05) is 29.4 Å². The quantitative estimate of drug-likeness (QED) is 0.624. The summed E-state index contributed by atoms with van der Waals surface area (Å²) in [7, 11) is 1.66. The van der Waals surface area contributed by atoms with Gasteiger partial charge in [0.25, 0.3) is 0 Å². The molecular formula is C19H25FN4O. The maximum Gasteiger partial charge on any atom is 0.191 e. The summed E-state index contributed by atoms with van der Waals surface area (Å²) in [6.07, 6.45) is 1.80. The van der Waals surface area contributed by atoms with Gasteiger partial charge < -0.3 is 15.4 Å². The van der Waals surface area contributed by atoms with Crippen LogP contribution in [0.3, 0.4) is 0 Å². The third-order valence-corrected chi connectivity index (χ3v) is 3.88. The van der Waals surface area contributed by atoms with Crippen LogP contribution in [-0.4, -0.2) is 24.6 Å². The van der Waals surface area contributed by atoms with Crippen LogP contribution < -0.4 is 15.4 Å². The van der Waals surface area contributed by atoms with E-state index >= 15 is 0 Å². The third kappa shape index (κ3) is 4.92. The fraction of sp³-hybridized carbons (Fsp3) is 0.368. The summed E-state index contributed by atoms with van der Waals surface area (Å²) < 4.78 is 19.2. The number of nitrogens with zero attached hydrogens (tertiary/aromatic N) is 2. The normalized spacial score (nSPS) is 11.3. The van der Waals surface area contributed by atoms with Crippen molar-refractivity contribution in [3.63, 3.8) is 0 Å². The smallest absolute Gasteiger partial charge is 0.191 e. The molecule has 5 nitrogen and oxygen atoms in total. The molecule has 0 aliphatic rings. The topological polar surface area (TPSA) is 58.5 Å². The Morgan fingerprint density at radius 1 is 1.24 bits per heavy atom. The monoisotopic (exact) mass is 344 g/mol. The molecular weight excluding hydrogens is 319 g/mol. The summed E-state index contributed by atoms with van der Waals surface area (Å²) in [5.74, 6) is 1.22. The highest BCUT2D eigenvalue weighted by Gasteiger charge is 2.10. The number of rotatable bonds is 6. The fourth-order valence-electron chi connectivity index (χ4n) is 2.55. The Balaban J connectivity index is 2.09. The Bertz CT molecular complexity index is 746. The lowest BCUT2D eigenvalue weighted by atomic mass is 10.1. The predicted octanol–water partition coefficient (Wildman–Crippen LogP) is 3.10. The first kappa shape index (κ1) is 18.7. The van der Waals surface area contributed by atoms with Crippen molar-refractivity contribution in [1.82, 2.24) is 15.6 Å². The van der Waals surface area contributed by atoms with Crippen LogP contribution in [0.1, 0.15) is 29.3 Å². The van der Waals surface area contributed by atoms with Crippen LogP contribution in [0, 0.1) is 19.7 Å². The highest BCUT2D eigenvalue weighted by atomic mass is 19.1. The molecule has 2 N–H and O–H groups in total. The van der Waals surface area contributed by atoms with E-state index in [1.807, 2.05) is 20.8 Å². The highest BCUT2D eigenvalue weighted by Crippen LogP contribution is 2.23. The van der Waals surface area contributed by atoms with Gasteiger partial charge >= 0.3 is 0 Å². The summed E-state index contributed by atoms with van der Waals surface area (Å²) in [6.45, 7) is 7.43. The number of halogens is 1. The van der Waals surface area contributed by atoms with Gasteiger partial charge in [0.05, 0.1) is 25.9 Å². The summed E-state index contributed by atoms with van der Waals surface area (Å²) >= 11 is 0. The van der Waals surface area contributed by atoms with Crippen molar-refractivity contribution in [2.75, 3.05) is 13.7 Å². The van der Waals surface area contributed by atoms with Gasteiger partial charge in [0.15, 0.2) is 5.96 Å². The second kappa shape index (κ2) is 9.01. The van der Waals surface area contributed by atoms with E-state index in [4.69, 9.17) is 4.74 Å². The molecule has 134 valence electrons. The Labute approximate surface area is 148 Å². The van der Waals surface area contributed by atoms with Crippen molar-refractivity contribution in [2.24, 2.45) is 4.99 Å². The van der Waals surface area contributed by atoms with Gasteiger partial charge in [0.1, 0.15) is 11.6 Å². The first-order valence-corrected chi connectivity index (χ1v) is 8.31. The van der Waals surface area contributed by atoms with Crippen LogP contribution in [0.25, 0.3) is 0 Å². The van der Waals surface area contributed by atoms with Gasteiger partial charge in [-0.25, -0.2) is 9.38 Å². The van der Waals surface area contributed by atoms with Crippen LogP contribution in [0.15, 0.2) is 35.5 Å². The van der Waals surface area contributed by atoms with E-state index in [0.29, 0.717) is 24.6 Å². The SMILES string of the molecule is CCNC(=NCc1ccccc1F)NCc1ncc(C)c(OC)c1C. The number of pyridine rings is 1. The zero-order valence-electron chi connectivity index (χ0n) is 15.2. The Morgan fingerprint density at radius 3 is 2.68 bits per heavy atom. The van der Waals surface area contributed by atoms with Crippen molar-refractivity contribution < 1.29 is 9.13 Å². The molecule has 2 rings (SSSR count). The molecule has 0 saturated carbocycles. The lowest BCUT2D eigenvalue weighted by molar-refractivity contribution is 0.406. The Hall–Kier alpha value is -2.63. The molecule has 0 atom stereocenters. The summed E-state index contributed by atoms with van der Waals surface area (Å²) in [5, 5.41) is 6.40. The van der Waals surface area contributed by atoms with Crippen molar-refractivity contribution in [3.8, 4) is 5.75 Å². The molecule has 25 heavy (non-hydrogen) atoms. The standard InChI is InChI=1S/C19H25FN4O/c1-5-21-19(23-11-15-8-6-7-9-16(15)20)24-12-17-14(3)18(25-4)13(2)10-22-17/h6-10H,5,11-12H2,1-4H3,(H2,21,23,24). The minimum absolute atomic E-state index is 0.247. The minimum atomic E-state index is -0.247. The number of nitrogens with one attached hydrogen (secondary N) is 2. The number of hydrogen-bond donors (Lipinski definition) is 2. The maximum atomic E-state index is 13.7. The molecule has 0 aliphatic carbocycles. The maximum absolute atomic E-state index is 13.7. The zero-order chi connectivity index (χ0) is 18.2. The van der Waals surface area contributed by atoms with Crippen LogP contribution in [0.2, 0.25) is 0 Å². The van der Waals surface area contributed by atoms with E-state index in [0.717, 1.165) is 22.6 Å². The second-order valence-corrected chi connectivity index (χ2v) is 5.69. The van der Waals surface area contributed by atoms with Crippen molar-refractivity contribution >= 4 is 5.96 Å². The third-order valence-electron chi connectivity index (χ3n) is 3.88. The van der Waals surface area contributed by atoms with Crippen LogP contribution in [0.5, 0.6) is 5.75 Å². The van der Waals surface area contributed by atoms with Crippen molar-refractivity contribution in [3.05, 3.63) is 58.7 Å². The molecule has 0 unspecified atom stereocenters. The summed E-state index contributed by atoms with van der Waals surface area (Å²) in [6, 6.07) is 6.65. The van der Waals surface area contributed by atoms with Gasteiger partial charge in [0.2, 0.25) is 0 Å². The first-order valence-electron chi connectivity index (χ1n) is 8.31. The van der Waals surface area contributed by atoms with Crippen molar-refractivity contribution in [1.29, 1.82) is 0 Å². The lowest BCUT2D eigenvalue weighted by Crippen LogP contribution is -2.37. The van der Waals surface area contributed by atoms with Gasteiger partial charge in [-0.15, -0.1) is 0 Å². The molecule has 0 bridgehead atoms. The second-order valence-electron chi connectivity index (χ2n) is 5.69. The van der Waals surface area contributed by atoms with E-state index in [1.54, 1.807) is 31.5 Å². The predicted molar refractivity (Wildman–Crippen MR) is 98.3 cm³/mol. The minimum Gasteiger partial charge on any atom is -0.496 e. The molecule has 6 heteroatoms. The number of hydrogen-bond acceptors (Lipinski definition) is 3. The molecule has 0 spiro atoms. The van der Waals surface area contributed by atoms with E-state index in [2.05, 4.69) is 20.6 Å². The highest BCUT2D eigenvalue weighted by molar-refractivity contribution is 5.79. The number of guanidine groups is 1. The van der Waals surface area contributed by atoms with Gasteiger partial charge in [-0.1, -0.05) is 18.2 Å². The lowest BCUT2D eigenvalue weighted by Gasteiger charge is -2.15. The number of methoxy groups -OCH3 is 1. The van der Waals surface area contributed by atoms with Crippen LogP contribution in [0.4, 0.5) is 4.39 Å². The number of aryl methyl sites for hydroxylation is 1. The largest absolute Gasteiger partial charge is 0.496 e. The zero-order valence-corrected chi connectivity index (χ0v) is 15.2. The average Bonchev–Trinajstić information content (AvgIpc) is 2.60. The van der Waals surface area contributed by atoms with Gasteiger partial charge in [-0.3, -0.25) is 4.98 Å². The number of aromatic nitrogens is 1. The molecule has 2 aromatic rings. The fourth-order valence-corrected chi connectivity index (χ4v) is 2.55. The molecule has 1 heterocycles. The molecule has 0 radical (unpaired) electrons. The Morgan fingerprint density at radius 2 is 2.00 bits per heavy atom. The average molecular weight is 344 g/mol. The number of benzene rings is 1. The molecule has 0 saturated heterocycles. The van der Waals surface area contributed by atoms with Crippen molar-refractivity contribution in [2.45, 2.75) is 33.9 Å². The molecule has 0 fully saturated rings. The van der Waals surface area contributed by atoms with E-state index < -0.39 is 0 Å². The molecule has 1 aromatic heterocycles.